The second-order valence-electron chi connectivity index (χ2n) is 5.69. The van der Waals surface area contributed by atoms with Crippen molar-refractivity contribution < 1.29 is 0 Å². The molecule has 1 saturated carbocycles. The van der Waals surface area contributed by atoms with Crippen LogP contribution in [0.3, 0.4) is 0 Å². The fourth-order valence-electron chi connectivity index (χ4n) is 3.21. The molecule has 92 valence electrons. The van der Waals surface area contributed by atoms with Gasteiger partial charge in [-0.3, -0.25) is 4.90 Å². The van der Waals surface area contributed by atoms with Crippen LogP contribution in [0.4, 0.5) is 0 Å². The van der Waals surface area contributed by atoms with Gasteiger partial charge in [-0.1, -0.05) is 0 Å². The molecule has 2 aliphatic heterocycles. The predicted octanol–water partition coefficient (Wildman–Crippen LogP) is 2.09. The van der Waals surface area contributed by atoms with Crippen LogP contribution in [0, 0.1) is 0 Å². The van der Waals surface area contributed by atoms with E-state index in [0.29, 0.717) is 6.04 Å². The van der Waals surface area contributed by atoms with Gasteiger partial charge in [0.2, 0.25) is 0 Å². The van der Waals surface area contributed by atoms with Crippen LogP contribution in [0.25, 0.3) is 0 Å². The normalized spacial score (nSPS) is 31.8. The molecule has 3 aliphatic rings. The second-order valence-corrected chi connectivity index (χ2v) is 6.81. The summed E-state index contributed by atoms with van der Waals surface area (Å²) in [5, 5.41) is 4.88. The van der Waals surface area contributed by atoms with Crippen molar-refractivity contribution in [3.63, 3.8) is 0 Å². The molecular formula is C13H19N3S. The summed E-state index contributed by atoms with van der Waals surface area (Å²) in [5.74, 6) is 0. The number of nitrogens with zero attached hydrogens (tertiary/aromatic N) is 2. The van der Waals surface area contributed by atoms with Gasteiger partial charge in [-0.2, -0.15) is 0 Å². The predicted molar refractivity (Wildman–Crippen MR) is 69.2 cm³/mol. The van der Waals surface area contributed by atoms with Crippen LogP contribution in [0.1, 0.15) is 47.3 Å². The maximum Gasteiger partial charge on any atom is 0.107 e. The highest BCUT2D eigenvalue weighted by molar-refractivity contribution is 7.11. The Morgan fingerprint density at radius 1 is 1.35 bits per heavy atom. The molecule has 0 amide bonds. The van der Waals surface area contributed by atoms with E-state index in [2.05, 4.69) is 17.3 Å². The number of nitrogens with one attached hydrogen (secondary N) is 1. The van der Waals surface area contributed by atoms with Crippen LogP contribution in [-0.2, 0) is 13.0 Å². The SMILES string of the molecule is CN1C2CCC1c1sc(CNC3CC3)nc1C2. The van der Waals surface area contributed by atoms with E-state index in [-0.39, 0.29) is 0 Å². The van der Waals surface area contributed by atoms with Crippen molar-refractivity contribution in [2.45, 2.75) is 56.8 Å². The lowest BCUT2D eigenvalue weighted by atomic mass is 10.1. The molecule has 4 rings (SSSR count). The highest BCUT2D eigenvalue weighted by Gasteiger charge is 2.39. The van der Waals surface area contributed by atoms with Gasteiger partial charge in [0.25, 0.3) is 0 Å². The summed E-state index contributed by atoms with van der Waals surface area (Å²) in [6.07, 6.45) is 6.60. The van der Waals surface area contributed by atoms with Gasteiger partial charge in [-0.25, -0.2) is 4.98 Å². The van der Waals surface area contributed by atoms with Gasteiger partial charge >= 0.3 is 0 Å². The molecule has 3 heterocycles. The van der Waals surface area contributed by atoms with E-state index >= 15 is 0 Å². The zero-order valence-electron chi connectivity index (χ0n) is 10.3. The third-order valence-electron chi connectivity index (χ3n) is 4.46. The number of fused-ring (bicyclic) bond motifs is 4. The molecule has 0 spiro atoms. The zero-order valence-corrected chi connectivity index (χ0v) is 11.1. The van der Waals surface area contributed by atoms with Gasteiger partial charge in [0, 0.05) is 36.0 Å². The fourth-order valence-corrected chi connectivity index (χ4v) is 4.45. The quantitative estimate of drug-likeness (QED) is 0.889. The first-order valence-electron chi connectivity index (χ1n) is 6.75. The van der Waals surface area contributed by atoms with Gasteiger partial charge < -0.3 is 5.32 Å². The highest BCUT2D eigenvalue weighted by Crippen LogP contribution is 2.44. The summed E-state index contributed by atoms with van der Waals surface area (Å²) in [6.45, 7) is 0.990. The van der Waals surface area contributed by atoms with Gasteiger partial charge in [0.1, 0.15) is 5.01 Å². The molecule has 1 aromatic rings. The van der Waals surface area contributed by atoms with E-state index < -0.39 is 0 Å². The molecule has 3 nitrogen and oxygen atoms in total. The van der Waals surface area contributed by atoms with Crippen molar-refractivity contribution in [2.75, 3.05) is 7.05 Å². The molecule has 2 atom stereocenters. The van der Waals surface area contributed by atoms with Crippen molar-refractivity contribution in [1.82, 2.24) is 15.2 Å². The van der Waals surface area contributed by atoms with Crippen LogP contribution in [0.2, 0.25) is 0 Å². The first kappa shape index (κ1) is 10.5. The van der Waals surface area contributed by atoms with Crippen LogP contribution in [0.5, 0.6) is 0 Å². The number of hydrogen-bond donors (Lipinski definition) is 1. The van der Waals surface area contributed by atoms with Crippen molar-refractivity contribution in [3.05, 3.63) is 15.6 Å². The van der Waals surface area contributed by atoms with E-state index in [4.69, 9.17) is 4.98 Å². The van der Waals surface area contributed by atoms with E-state index in [1.807, 2.05) is 11.3 Å². The van der Waals surface area contributed by atoms with E-state index in [0.717, 1.165) is 18.6 Å². The number of hydrogen-bond acceptors (Lipinski definition) is 4. The minimum absolute atomic E-state index is 0.677. The van der Waals surface area contributed by atoms with Gasteiger partial charge in [0.15, 0.2) is 0 Å². The minimum Gasteiger partial charge on any atom is -0.308 e. The average Bonchev–Trinajstić information content (AvgIpc) is 3.02. The highest BCUT2D eigenvalue weighted by atomic mass is 32.1. The molecule has 17 heavy (non-hydrogen) atoms. The molecule has 1 saturated heterocycles. The summed E-state index contributed by atoms with van der Waals surface area (Å²) in [5.41, 5.74) is 1.41. The van der Waals surface area contributed by atoms with Crippen LogP contribution in [-0.4, -0.2) is 29.0 Å². The molecule has 0 radical (unpaired) electrons. The zero-order chi connectivity index (χ0) is 11.4. The molecule has 2 bridgehead atoms. The van der Waals surface area contributed by atoms with E-state index in [1.165, 1.54) is 42.8 Å². The standard InChI is InChI=1S/C13H19N3S/c1-16-9-4-5-11(16)13-10(6-9)15-12(17-13)7-14-8-2-3-8/h8-9,11,14H,2-7H2,1H3. The number of rotatable bonds is 3. The Bertz CT molecular complexity index is 438. The van der Waals surface area contributed by atoms with Gasteiger partial charge in [0.05, 0.1) is 5.69 Å². The summed E-state index contributed by atoms with van der Waals surface area (Å²) in [4.78, 5) is 8.99. The maximum atomic E-state index is 4.86. The smallest absolute Gasteiger partial charge is 0.107 e. The topological polar surface area (TPSA) is 28.2 Å². The number of likely N-dealkylation sites (N-methyl/N-ethyl adjacent to an activating group) is 1. The van der Waals surface area contributed by atoms with Crippen molar-refractivity contribution in [2.24, 2.45) is 0 Å². The Kier molecular flexibility index (Phi) is 2.32. The fraction of sp³-hybridized carbons (Fsp3) is 0.769. The van der Waals surface area contributed by atoms with Gasteiger partial charge in [-0.05, 0) is 32.7 Å². The Balaban J connectivity index is 1.57. The molecular weight excluding hydrogens is 230 g/mol. The summed E-state index contributed by atoms with van der Waals surface area (Å²) in [6, 6.07) is 2.23. The molecule has 2 unspecified atom stereocenters. The largest absolute Gasteiger partial charge is 0.308 e. The monoisotopic (exact) mass is 249 g/mol. The van der Waals surface area contributed by atoms with Crippen LogP contribution in [0.15, 0.2) is 0 Å². The first-order chi connectivity index (χ1) is 8.31. The van der Waals surface area contributed by atoms with Crippen LogP contribution >= 0.6 is 11.3 Å². The molecule has 1 N–H and O–H groups in total. The van der Waals surface area contributed by atoms with Gasteiger partial charge in [-0.15, -0.1) is 11.3 Å². The first-order valence-corrected chi connectivity index (χ1v) is 7.56. The Hall–Kier alpha value is -0.450. The Labute approximate surface area is 106 Å². The van der Waals surface area contributed by atoms with Crippen molar-refractivity contribution >= 4 is 11.3 Å². The molecule has 0 aromatic carbocycles. The average molecular weight is 249 g/mol. The van der Waals surface area contributed by atoms with E-state index in [1.54, 1.807) is 4.88 Å². The van der Waals surface area contributed by atoms with Crippen molar-refractivity contribution in [3.8, 4) is 0 Å². The summed E-state index contributed by atoms with van der Waals surface area (Å²) < 4.78 is 0. The van der Waals surface area contributed by atoms with Crippen molar-refractivity contribution in [1.29, 1.82) is 0 Å². The number of aromatic nitrogens is 1. The lowest BCUT2D eigenvalue weighted by Gasteiger charge is -2.29. The van der Waals surface area contributed by atoms with Crippen LogP contribution < -0.4 is 5.32 Å². The Morgan fingerprint density at radius 2 is 2.24 bits per heavy atom. The molecule has 1 aliphatic carbocycles. The number of thiazole rings is 1. The summed E-state index contributed by atoms with van der Waals surface area (Å²) in [7, 11) is 2.28. The third kappa shape index (κ3) is 1.74. The lowest BCUT2D eigenvalue weighted by Crippen LogP contribution is -2.33. The van der Waals surface area contributed by atoms with E-state index in [9.17, 15) is 0 Å². The molecule has 4 heteroatoms. The molecule has 2 fully saturated rings. The third-order valence-corrected chi connectivity index (χ3v) is 5.66. The second kappa shape index (κ2) is 3.77. The lowest BCUT2D eigenvalue weighted by molar-refractivity contribution is 0.226. The minimum atomic E-state index is 0.677. The summed E-state index contributed by atoms with van der Waals surface area (Å²) >= 11 is 1.95. The Morgan fingerprint density at radius 3 is 3.06 bits per heavy atom. The molecule has 1 aromatic heterocycles. The maximum absolute atomic E-state index is 4.86.